The minimum Gasteiger partial charge on any atom is -0.448 e. The topological polar surface area (TPSA) is 91.2 Å². The minimum absolute atomic E-state index is 0.194. The lowest BCUT2D eigenvalue weighted by Gasteiger charge is -2.21. The van der Waals surface area contributed by atoms with Crippen molar-refractivity contribution >= 4 is 11.6 Å². The van der Waals surface area contributed by atoms with Gasteiger partial charge in [-0.15, -0.1) is 5.10 Å². The summed E-state index contributed by atoms with van der Waals surface area (Å²) in [5, 5.41) is 14.1. The lowest BCUT2D eigenvalue weighted by Crippen LogP contribution is -2.34. The van der Waals surface area contributed by atoms with E-state index in [1.165, 1.54) is 6.33 Å². The molecule has 28 heavy (non-hydrogen) atoms. The summed E-state index contributed by atoms with van der Waals surface area (Å²) in [4.78, 5) is 12.7. The van der Waals surface area contributed by atoms with Gasteiger partial charge in [-0.1, -0.05) is 0 Å². The first-order valence-corrected chi connectivity index (χ1v) is 9.29. The molecule has 0 atom stereocenters. The first-order chi connectivity index (χ1) is 13.6. The van der Waals surface area contributed by atoms with E-state index in [-0.39, 0.29) is 5.91 Å². The Morgan fingerprint density at radius 1 is 1.11 bits per heavy atom. The number of fused-ring (bicyclic) bond motifs is 1. The lowest BCUT2D eigenvalue weighted by molar-refractivity contribution is -0.0716. The van der Waals surface area contributed by atoms with Crippen LogP contribution in [0, 0.1) is 6.92 Å². The van der Waals surface area contributed by atoms with E-state index in [1.807, 2.05) is 37.3 Å². The number of rotatable bonds is 3. The Kier molecular flexibility index (Phi) is 3.78. The number of anilines is 1. The van der Waals surface area contributed by atoms with E-state index in [0.717, 1.165) is 42.7 Å². The van der Waals surface area contributed by atoms with Crippen LogP contribution >= 0.6 is 0 Å². The van der Waals surface area contributed by atoms with Crippen molar-refractivity contribution in [2.45, 2.75) is 38.4 Å². The van der Waals surface area contributed by atoms with Crippen molar-refractivity contribution in [3.63, 3.8) is 0 Å². The van der Waals surface area contributed by atoms with Crippen molar-refractivity contribution in [3.05, 3.63) is 53.9 Å². The van der Waals surface area contributed by atoms with Gasteiger partial charge in [-0.25, -0.2) is 4.68 Å². The first-order valence-electron chi connectivity index (χ1n) is 9.29. The van der Waals surface area contributed by atoms with Crippen molar-refractivity contribution in [3.8, 4) is 17.2 Å². The van der Waals surface area contributed by atoms with E-state index in [2.05, 4.69) is 20.8 Å². The Morgan fingerprint density at radius 2 is 1.93 bits per heavy atom. The molecule has 1 N–H and O–H groups in total. The standard InChI is InChI=1S/C20H19N5O3/c1-13-10-14(4-6-16(13)25-12-21-23-24-25)19(26)22-15-5-7-17-18(11-15)28-20(27-17)8-2-3-9-20/h4-7,10-12H,2-3,8-9H2,1H3,(H,22,26). The second-order valence-corrected chi connectivity index (χ2v) is 7.19. The Balaban J connectivity index is 1.33. The zero-order chi connectivity index (χ0) is 19.1. The van der Waals surface area contributed by atoms with E-state index < -0.39 is 5.79 Å². The molecule has 1 aliphatic heterocycles. The summed E-state index contributed by atoms with van der Waals surface area (Å²) < 4.78 is 13.6. The maximum atomic E-state index is 12.7. The Labute approximate surface area is 161 Å². The molecule has 1 amide bonds. The van der Waals surface area contributed by atoms with Crippen LogP contribution in [0.3, 0.4) is 0 Å². The van der Waals surface area contributed by atoms with Gasteiger partial charge in [0.2, 0.25) is 0 Å². The fourth-order valence-electron chi connectivity index (χ4n) is 3.82. The Bertz CT molecular complexity index is 1040. The monoisotopic (exact) mass is 377 g/mol. The molecule has 1 aliphatic carbocycles. The van der Waals surface area contributed by atoms with E-state index in [1.54, 1.807) is 10.7 Å². The number of hydrogen-bond donors (Lipinski definition) is 1. The number of nitrogens with zero attached hydrogens (tertiary/aromatic N) is 4. The Hall–Kier alpha value is -3.42. The van der Waals surface area contributed by atoms with E-state index >= 15 is 0 Å². The van der Waals surface area contributed by atoms with Gasteiger partial charge in [-0.05, 0) is 66.1 Å². The molecule has 8 nitrogen and oxygen atoms in total. The summed E-state index contributed by atoms with van der Waals surface area (Å²) in [6, 6.07) is 10.9. The number of ether oxygens (including phenoxy) is 2. The highest BCUT2D eigenvalue weighted by Crippen LogP contribution is 2.47. The van der Waals surface area contributed by atoms with Gasteiger partial charge in [-0.2, -0.15) is 0 Å². The third-order valence-corrected chi connectivity index (χ3v) is 5.21. The van der Waals surface area contributed by atoms with Crippen molar-refractivity contribution in [1.82, 2.24) is 20.2 Å². The SMILES string of the molecule is Cc1cc(C(=O)Nc2ccc3c(c2)OC2(CCCC2)O3)ccc1-n1cnnn1. The summed E-state index contributed by atoms with van der Waals surface area (Å²) in [6.45, 7) is 1.91. The molecule has 1 saturated carbocycles. The second-order valence-electron chi connectivity index (χ2n) is 7.19. The third kappa shape index (κ3) is 2.87. The van der Waals surface area contributed by atoms with Gasteiger partial charge < -0.3 is 14.8 Å². The fourth-order valence-corrected chi connectivity index (χ4v) is 3.82. The van der Waals surface area contributed by atoms with Gasteiger partial charge in [0.05, 0.1) is 5.69 Å². The molecule has 1 spiro atoms. The number of benzene rings is 2. The maximum absolute atomic E-state index is 12.7. The van der Waals surface area contributed by atoms with Crippen molar-refractivity contribution in [2.24, 2.45) is 0 Å². The van der Waals surface area contributed by atoms with Crippen LogP contribution in [0.2, 0.25) is 0 Å². The highest BCUT2D eigenvalue weighted by Gasteiger charge is 2.44. The number of hydrogen-bond acceptors (Lipinski definition) is 6. The van der Waals surface area contributed by atoms with Gasteiger partial charge in [-0.3, -0.25) is 4.79 Å². The van der Waals surface area contributed by atoms with Crippen LogP contribution in [0.1, 0.15) is 41.6 Å². The second kappa shape index (κ2) is 6.33. The Morgan fingerprint density at radius 3 is 2.68 bits per heavy atom. The maximum Gasteiger partial charge on any atom is 0.255 e. The highest BCUT2D eigenvalue weighted by atomic mass is 16.7. The first kappa shape index (κ1) is 16.7. The van der Waals surface area contributed by atoms with Gasteiger partial charge in [0.25, 0.3) is 11.7 Å². The molecule has 3 aromatic rings. The van der Waals surface area contributed by atoms with Crippen LogP contribution in [0.5, 0.6) is 11.5 Å². The van der Waals surface area contributed by atoms with Gasteiger partial charge in [0, 0.05) is 30.2 Å². The van der Waals surface area contributed by atoms with Gasteiger partial charge in [0.15, 0.2) is 11.5 Å². The normalized spacial score (nSPS) is 16.5. The van der Waals surface area contributed by atoms with Crippen LogP contribution in [-0.2, 0) is 0 Å². The predicted octanol–water partition coefficient (Wildman–Crippen LogP) is 3.26. The number of aryl methyl sites for hydroxylation is 1. The molecule has 5 rings (SSSR count). The van der Waals surface area contributed by atoms with Crippen LogP contribution in [0.4, 0.5) is 5.69 Å². The van der Waals surface area contributed by atoms with Gasteiger partial charge >= 0.3 is 0 Å². The molecule has 2 aromatic carbocycles. The summed E-state index contributed by atoms with van der Waals surface area (Å²) in [6.07, 6.45) is 5.54. The molecular weight excluding hydrogens is 358 g/mol. The molecule has 1 fully saturated rings. The largest absolute Gasteiger partial charge is 0.448 e. The average Bonchev–Trinajstić information content (AvgIpc) is 3.43. The number of aromatic nitrogens is 4. The van der Waals surface area contributed by atoms with Crippen LogP contribution in [0.25, 0.3) is 5.69 Å². The van der Waals surface area contributed by atoms with E-state index in [9.17, 15) is 4.79 Å². The molecule has 0 bridgehead atoms. The lowest BCUT2D eigenvalue weighted by atomic mass is 10.1. The van der Waals surface area contributed by atoms with E-state index in [0.29, 0.717) is 17.0 Å². The van der Waals surface area contributed by atoms with Crippen LogP contribution in [0.15, 0.2) is 42.7 Å². The molecule has 8 heteroatoms. The minimum atomic E-state index is -0.506. The summed E-state index contributed by atoms with van der Waals surface area (Å²) >= 11 is 0. The molecular formula is C20H19N5O3. The predicted molar refractivity (Wildman–Crippen MR) is 101 cm³/mol. The molecule has 2 aliphatic rings. The van der Waals surface area contributed by atoms with E-state index in [4.69, 9.17) is 9.47 Å². The fraction of sp³-hybridized carbons (Fsp3) is 0.300. The summed E-state index contributed by atoms with van der Waals surface area (Å²) in [5.41, 5.74) is 2.95. The van der Waals surface area contributed by atoms with Crippen molar-refractivity contribution in [1.29, 1.82) is 0 Å². The number of carbonyl (C=O) groups is 1. The zero-order valence-corrected chi connectivity index (χ0v) is 15.4. The quantitative estimate of drug-likeness (QED) is 0.753. The van der Waals surface area contributed by atoms with Crippen molar-refractivity contribution < 1.29 is 14.3 Å². The smallest absolute Gasteiger partial charge is 0.255 e. The summed E-state index contributed by atoms with van der Waals surface area (Å²) in [5.74, 6) is 0.723. The summed E-state index contributed by atoms with van der Waals surface area (Å²) in [7, 11) is 0. The van der Waals surface area contributed by atoms with Crippen molar-refractivity contribution in [2.75, 3.05) is 5.32 Å². The molecule has 142 valence electrons. The molecule has 0 radical (unpaired) electrons. The number of tetrazole rings is 1. The number of nitrogens with one attached hydrogen (secondary N) is 1. The molecule has 0 unspecified atom stereocenters. The van der Waals surface area contributed by atoms with Crippen LogP contribution < -0.4 is 14.8 Å². The molecule has 0 saturated heterocycles. The third-order valence-electron chi connectivity index (χ3n) is 5.21. The number of carbonyl (C=O) groups excluding carboxylic acids is 1. The number of amides is 1. The highest BCUT2D eigenvalue weighted by molar-refractivity contribution is 6.04. The van der Waals surface area contributed by atoms with Gasteiger partial charge in [0.1, 0.15) is 6.33 Å². The zero-order valence-electron chi connectivity index (χ0n) is 15.4. The molecule has 1 aromatic heterocycles. The molecule has 2 heterocycles. The van der Waals surface area contributed by atoms with Crippen LogP contribution in [-0.4, -0.2) is 31.9 Å². The average molecular weight is 377 g/mol.